The van der Waals surface area contributed by atoms with Crippen LogP contribution in [0.25, 0.3) is 6.08 Å². The van der Waals surface area contributed by atoms with Gasteiger partial charge < -0.3 is 9.84 Å². The molecule has 5 nitrogen and oxygen atoms in total. The van der Waals surface area contributed by atoms with E-state index in [9.17, 15) is 9.59 Å². The Balaban J connectivity index is 2.61. The number of esters is 1. The number of rotatable bonds is 5. The first-order chi connectivity index (χ1) is 7.63. The van der Waals surface area contributed by atoms with Crippen LogP contribution in [0.4, 0.5) is 0 Å². The Morgan fingerprint density at radius 2 is 2.38 bits per heavy atom. The molecule has 0 atom stereocenters. The van der Waals surface area contributed by atoms with E-state index in [2.05, 4.69) is 4.98 Å². The van der Waals surface area contributed by atoms with Gasteiger partial charge in [0, 0.05) is 0 Å². The van der Waals surface area contributed by atoms with Crippen LogP contribution in [0.5, 0.6) is 0 Å². The highest BCUT2D eigenvalue weighted by atomic mass is 32.1. The van der Waals surface area contributed by atoms with Crippen LogP contribution in [0.3, 0.4) is 0 Å². The van der Waals surface area contributed by atoms with Crippen LogP contribution < -0.4 is 0 Å². The first-order valence-corrected chi connectivity index (χ1v) is 5.46. The second-order valence-electron chi connectivity index (χ2n) is 2.78. The van der Waals surface area contributed by atoms with Crippen molar-refractivity contribution in [2.45, 2.75) is 13.3 Å². The largest absolute Gasteiger partial charge is 0.481 e. The van der Waals surface area contributed by atoms with Gasteiger partial charge in [0.15, 0.2) is 0 Å². The maximum absolute atomic E-state index is 11.3. The molecule has 0 aromatic carbocycles. The van der Waals surface area contributed by atoms with E-state index in [1.165, 1.54) is 23.6 Å². The zero-order chi connectivity index (χ0) is 12.0. The van der Waals surface area contributed by atoms with Crippen LogP contribution in [-0.2, 0) is 9.53 Å². The molecule has 1 aromatic heterocycles. The van der Waals surface area contributed by atoms with E-state index in [1.807, 2.05) is 0 Å². The fraction of sp³-hybridized carbons (Fsp3) is 0.300. The summed E-state index contributed by atoms with van der Waals surface area (Å²) in [6.07, 6.45) is 4.41. The first kappa shape index (κ1) is 12.4. The van der Waals surface area contributed by atoms with Gasteiger partial charge in [-0.25, -0.2) is 9.78 Å². The molecule has 1 aromatic rings. The number of aromatic nitrogens is 1. The predicted molar refractivity (Wildman–Crippen MR) is 59.4 cm³/mol. The number of hydrogen-bond donors (Lipinski definition) is 1. The van der Waals surface area contributed by atoms with Crippen molar-refractivity contribution in [3.05, 3.63) is 22.2 Å². The summed E-state index contributed by atoms with van der Waals surface area (Å²) >= 11 is 1.17. The molecular weight excluding hydrogens is 230 g/mol. The molecule has 1 heterocycles. The van der Waals surface area contributed by atoms with Gasteiger partial charge in [-0.05, 0) is 13.0 Å². The second-order valence-corrected chi connectivity index (χ2v) is 3.85. The van der Waals surface area contributed by atoms with Gasteiger partial charge in [0.25, 0.3) is 0 Å². The molecule has 6 heteroatoms. The molecule has 0 saturated heterocycles. The van der Waals surface area contributed by atoms with Crippen LogP contribution in [-0.4, -0.2) is 28.6 Å². The van der Waals surface area contributed by atoms with Crippen molar-refractivity contribution >= 4 is 29.4 Å². The van der Waals surface area contributed by atoms with Gasteiger partial charge in [-0.1, -0.05) is 6.08 Å². The fourth-order valence-electron chi connectivity index (χ4n) is 0.922. The SMILES string of the molecule is CCOC(=O)c1cnc(C=CCC(=O)O)s1. The highest BCUT2D eigenvalue weighted by Gasteiger charge is 2.09. The molecule has 0 fully saturated rings. The molecule has 0 aliphatic carbocycles. The highest BCUT2D eigenvalue weighted by molar-refractivity contribution is 7.14. The Bertz CT molecular complexity index is 411. The third kappa shape index (κ3) is 3.82. The number of carbonyl (C=O) groups excluding carboxylic acids is 1. The number of carboxylic acids is 1. The van der Waals surface area contributed by atoms with Crippen LogP contribution in [0, 0.1) is 0 Å². The molecule has 0 unspecified atom stereocenters. The lowest BCUT2D eigenvalue weighted by Crippen LogP contribution is -2.01. The van der Waals surface area contributed by atoms with Crippen LogP contribution in [0.15, 0.2) is 12.3 Å². The minimum absolute atomic E-state index is 0.0612. The molecule has 0 radical (unpaired) electrons. The summed E-state index contributed by atoms with van der Waals surface area (Å²) in [5.41, 5.74) is 0. The number of carboxylic acid groups (broad SMARTS) is 1. The van der Waals surface area contributed by atoms with Gasteiger partial charge in [-0.3, -0.25) is 4.79 Å². The van der Waals surface area contributed by atoms with Crippen molar-refractivity contribution in [3.63, 3.8) is 0 Å². The third-order valence-electron chi connectivity index (χ3n) is 1.55. The first-order valence-electron chi connectivity index (χ1n) is 4.64. The van der Waals surface area contributed by atoms with E-state index in [4.69, 9.17) is 9.84 Å². The van der Waals surface area contributed by atoms with Crippen molar-refractivity contribution in [2.75, 3.05) is 6.61 Å². The number of carbonyl (C=O) groups is 2. The molecule has 0 aliphatic rings. The van der Waals surface area contributed by atoms with Crippen molar-refractivity contribution in [1.29, 1.82) is 0 Å². The summed E-state index contributed by atoms with van der Waals surface area (Å²) in [6, 6.07) is 0. The molecule has 0 amide bonds. The monoisotopic (exact) mass is 241 g/mol. The molecule has 16 heavy (non-hydrogen) atoms. The summed E-state index contributed by atoms with van der Waals surface area (Å²) in [5, 5.41) is 9.00. The van der Waals surface area contributed by atoms with Gasteiger partial charge in [-0.2, -0.15) is 0 Å². The summed E-state index contributed by atoms with van der Waals surface area (Å²) in [5.74, 6) is -1.31. The summed E-state index contributed by atoms with van der Waals surface area (Å²) in [7, 11) is 0. The lowest BCUT2D eigenvalue weighted by Gasteiger charge is -1.95. The lowest BCUT2D eigenvalue weighted by molar-refractivity contribution is -0.135. The van der Waals surface area contributed by atoms with E-state index < -0.39 is 11.9 Å². The second kappa shape index (κ2) is 6.02. The molecule has 1 rings (SSSR count). The van der Waals surface area contributed by atoms with Crippen molar-refractivity contribution in [1.82, 2.24) is 4.98 Å². The van der Waals surface area contributed by atoms with Gasteiger partial charge in [-0.15, -0.1) is 11.3 Å². The number of ether oxygens (including phenoxy) is 1. The van der Waals surface area contributed by atoms with Gasteiger partial charge in [0.05, 0.1) is 19.2 Å². The maximum atomic E-state index is 11.3. The normalized spacial score (nSPS) is 10.6. The molecule has 0 aliphatic heterocycles. The number of hydrogen-bond acceptors (Lipinski definition) is 5. The Morgan fingerprint density at radius 3 is 3.00 bits per heavy atom. The summed E-state index contributed by atoms with van der Waals surface area (Å²) < 4.78 is 4.80. The summed E-state index contributed by atoms with van der Waals surface area (Å²) in [6.45, 7) is 2.05. The molecule has 0 spiro atoms. The van der Waals surface area contributed by atoms with Crippen molar-refractivity contribution in [2.24, 2.45) is 0 Å². The van der Waals surface area contributed by atoms with Gasteiger partial charge >= 0.3 is 11.9 Å². The smallest absolute Gasteiger partial charge is 0.349 e. The predicted octanol–water partition coefficient (Wildman–Crippen LogP) is 1.81. The molecule has 1 N–H and O–H groups in total. The lowest BCUT2D eigenvalue weighted by atomic mass is 10.4. The fourth-order valence-corrected chi connectivity index (χ4v) is 1.66. The average Bonchev–Trinajstić information content (AvgIpc) is 2.66. The highest BCUT2D eigenvalue weighted by Crippen LogP contribution is 2.15. The van der Waals surface area contributed by atoms with E-state index in [1.54, 1.807) is 13.0 Å². The maximum Gasteiger partial charge on any atom is 0.349 e. The van der Waals surface area contributed by atoms with E-state index in [0.717, 1.165) is 0 Å². The number of aliphatic carboxylic acids is 1. The van der Waals surface area contributed by atoms with E-state index in [-0.39, 0.29) is 6.42 Å². The van der Waals surface area contributed by atoms with Crippen molar-refractivity contribution in [3.8, 4) is 0 Å². The Kier molecular flexibility index (Phi) is 4.65. The number of thiazole rings is 1. The zero-order valence-corrected chi connectivity index (χ0v) is 9.49. The minimum atomic E-state index is -0.904. The third-order valence-corrected chi connectivity index (χ3v) is 2.50. The molecular formula is C10H11NO4S. The Morgan fingerprint density at radius 1 is 1.62 bits per heavy atom. The summed E-state index contributed by atoms with van der Waals surface area (Å²) in [4.78, 5) is 25.9. The van der Waals surface area contributed by atoms with Gasteiger partial charge in [0.2, 0.25) is 0 Å². The molecule has 86 valence electrons. The van der Waals surface area contributed by atoms with E-state index >= 15 is 0 Å². The van der Waals surface area contributed by atoms with Crippen LogP contribution in [0.1, 0.15) is 28.0 Å². The van der Waals surface area contributed by atoms with Crippen LogP contribution in [0.2, 0.25) is 0 Å². The average molecular weight is 241 g/mol. The molecule has 0 saturated carbocycles. The zero-order valence-electron chi connectivity index (χ0n) is 8.67. The Hall–Kier alpha value is -1.69. The standard InChI is InChI=1S/C10H11NO4S/c1-2-15-10(14)7-6-11-8(16-7)4-3-5-9(12)13/h3-4,6H,2,5H2,1H3,(H,12,13). The molecule has 0 bridgehead atoms. The topological polar surface area (TPSA) is 76.5 Å². The Labute approximate surface area is 96.4 Å². The van der Waals surface area contributed by atoms with Crippen LogP contribution >= 0.6 is 11.3 Å². The quantitative estimate of drug-likeness (QED) is 0.795. The minimum Gasteiger partial charge on any atom is -0.481 e. The van der Waals surface area contributed by atoms with E-state index in [0.29, 0.717) is 16.5 Å². The van der Waals surface area contributed by atoms with Gasteiger partial charge in [0.1, 0.15) is 9.88 Å². The number of nitrogens with zero attached hydrogens (tertiary/aromatic N) is 1. The van der Waals surface area contributed by atoms with Crippen molar-refractivity contribution < 1.29 is 19.4 Å².